The molecule has 3 aromatic rings. The minimum atomic E-state index is -0.703. The number of ether oxygens (including phenoxy) is 1. The summed E-state index contributed by atoms with van der Waals surface area (Å²) in [5.74, 6) is 1.27. The lowest BCUT2D eigenvalue weighted by molar-refractivity contribution is -0.135. The van der Waals surface area contributed by atoms with Crippen LogP contribution in [-0.4, -0.2) is 63.8 Å². The van der Waals surface area contributed by atoms with Crippen LogP contribution >= 0.6 is 0 Å². The molecule has 0 radical (unpaired) electrons. The quantitative estimate of drug-likeness (QED) is 0.619. The number of amides is 1. The number of carbonyl (C=O) groups excluding carboxylic acids is 1. The minimum absolute atomic E-state index is 0.130. The van der Waals surface area contributed by atoms with Crippen molar-refractivity contribution < 1.29 is 9.53 Å². The van der Waals surface area contributed by atoms with Gasteiger partial charge in [0.25, 0.3) is 5.56 Å². The molecule has 2 aromatic heterocycles. The summed E-state index contributed by atoms with van der Waals surface area (Å²) in [5.41, 5.74) is 1.15. The van der Waals surface area contributed by atoms with E-state index in [9.17, 15) is 9.59 Å². The second kappa shape index (κ2) is 8.95. The molecule has 1 aliphatic rings. The molecule has 0 aliphatic carbocycles. The van der Waals surface area contributed by atoms with Gasteiger partial charge in [-0.15, -0.1) is 0 Å². The molecule has 3 heterocycles. The number of rotatable bonds is 5. The van der Waals surface area contributed by atoms with Crippen LogP contribution in [0.1, 0.15) is 13.0 Å². The summed E-state index contributed by atoms with van der Waals surface area (Å²) < 4.78 is 6.44. The molecular weight excluding hydrogens is 396 g/mol. The fraction of sp³-hybridized carbons (Fsp3) is 0.318. The maximum Gasteiger partial charge on any atom is 0.267 e. The van der Waals surface area contributed by atoms with Crippen molar-refractivity contribution in [3.63, 3.8) is 0 Å². The van der Waals surface area contributed by atoms with Crippen molar-refractivity contribution in [2.75, 3.05) is 38.2 Å². The Balaban J connectivity index is 1.48. The molecule has 4 rings (SSSR count). The lowest BCUT2D eigenvalue weighted by Crippen LogP contribution is -2.51. The van der Waals surface area contributed by atoms with E-state index in [1.54, 1.807) is 43.5 Å². The maximum absolute atomic E-state index is 13.1. The lowest BCUT2D eigenvalue weighted by atomic mass is 10.1. The van der Waals surface area contributed by atoms with Gasteiger partial charge in [0.15, 0.2) is 0 Å². The Kier molecular flexibility index (Phi) is 5.92. The van der Waals surface area contributed by atoms with Crippen LogP contribution in [0.25, 0.3) is 11.3 Å². The van der Waals surface area contributed by atoms with Gasteiger partial charge in [0, 0.05) is 50.2 Å². The Bertz CT molecular complexity index is 1090. The summed E-state index contributed by atoms with van der Waals surface area (Å²) in [6, 6.07) is 11.6. The Hall–Kier alpha value is -3.75. The molecule has 1 saturated heterocycles. The zero-order chi connectivity index (χ0) is 21.8. The summed E-state index contributed by atoms with van der Waals surface area (Å²) >= 11 is 0. The molecule has 1 aliphatic heterocycles. The van der Waals surface area contributed by atoms with Gasteiger partial charge in [-0.2, -0.15) is 5.10 Å². The van der Waals surface area contributed by atoms with E-state index < -0.39 is 6.04 Å². The van der Waals surface area contributed by atoms with Crippen LogP contribution in [0.2, 0.25) is 0 Å². The summed E-state index contributed by atoms with van der Waals surface area (Å²) in [7, 11) is 1.60. The third-order valence-electron chi connectivity index (χ3n) is 5.36. The van der Waals surface area contributed by atoms with Gasteiger partial charge < -0.3 is 14.5 Å². The lowest BCUT2D eigenvalue weighted by Gasteiger charge is -2.35. The molecule has 1 aromatic carbocycles. The van der Waals surface area contributed by atoms with Crippen LogP contribution in [0.5, 0.6) is 5.75 Å². The van der Waals surface area contributed by atoms with Crippen molar-refractivity contribution in [2.45, 2.75) is 13.0 Å². The van der Waals surface area contributed by atoms with Crippen molar-refractivity contribution in [3.05, 3.63) is 65.2 Å². The second-order valence-electron chi connectivity index (χ2n) is 7.27. The summed E-state index contributed by atoms with van der Waals surface area (Å²) in [5, 5.41) is 4.46. The number of anilines is 1. The predicted molar refractivity (Wildman–Crippen MR) is 116 cm³/mol. The van der Waals surface area contributed by atoms with Crippen molar-refractivity contribution in [1.82, 2.24) is 24.6 Å². The zero-order valence-electron chi connectivity index (χ0n) is 17.5. The highest BCUT2D eigenvalue weighted by Gasteiger charge is 2.27. The Morgan fingerprint density at radius 3 is 2.32 bits per heavy atom. The number of hydrogen-bond donors (Lipinski definition) is 0. The minimum Gasteiger partial charge on any atom is -0.497 e. The van der Waals surface area contributed by atoms with Gasteiger partial charge in [-0.05, 0) is 43.3 Å². The van der Waals surface area contributed by atoms with E-state index in [1.807, 2.05) is 29.2 Å². The van der Waals surface area contributed by atoms with Gasteiger partial charge in [0.1, 0.15) is 11.8 Å². The van der Waals surface area contributed by atoms with Crippen LogP contribution in [-0.2, 0) is 4.79 Å². The molecule has 9 heteroatoms. The van der Waals surface area contributed by atoms with Crippen molar-refractivity contribution in [1.29, 1.82) is 0 Å². The molecule has 1 fully saturated rings. The first-order valence-corrected chi connectivity index (χ1v) is 10.1. The smallest absolute Gasteiger partial charge is 0.267 e. The largest absolute Gasteiger partial charge is 0.497 e. The number of hydrogen-bond acceptors (Lipinski definition) is 7. The Morgan fingerprint density at radius 2 is 1.68 bits per heavy atom. The van der Waals surface area contributed by atoms with Gasteiger partial charge >= 0.3 is 0 Å². The highest BCUT2D eigenvalue weighted by Crippen LogP contribution is 2.20. The molecule has 9 nitrogen and oxygen atoms in total. The third-order valence-corrected chi connectivity index (χ3v) is 5.36. The first-order chi connectivity index (χ1) is 15.1. The summed E-state index contributed by atoms with van der Waals surface area (Å²) in [6.45, 7) is 4.05. The van der Waals surface area contributed by atoms with Gasteiger partial charge in [-0.25, -0.2) is 14.6 Å². The van der Waals surface area contributed by atoms with E-state index in [-0.39, 0.29) is 11.5 Å². The predicted octanol–water partition coefficient (Wildman–Crippen LogP) is 1.62. The number of carbonyl (C=O) groups is 1. The number of methoxy groups -OCH3 is 1. The topological polar surface area (TPSA) is 93.5 Å². The average Bonchev–Trinajstić information content (AvgIpc) is 2.84. The van der Waals surface area contributed by atoms with Gasteiger partial charge in [0.2, 0.25) is 11.9 Å². The zero-order valence-corrected chi connectivity index (χ0v) is 17.5. The normalized spacial score (nSPS) is 14.9. The highest BCUT2D eigenvalue weighted by molar-refractivity contribution is 5.80. The summed E-state index contributed by atoms with van der Waals surface area (Å²) in [4.78, 5) is 37.9. The van der Waals surface area contributed by atoms with E-state index in [1.165, 1.54) is 10.7 Å². The fourth-order valence-corrected chi connectivity index (χ4v) is 3.57. The van der Waals surface area contributed by atoms with Crippen LogP contribution < -0.4 is 15.2 Å². The Morgan fingerprint density at radius 1 is 1.00 bits per heavy atom. The van der Waals surface area contributed by atoms with Gasteiger partial charge in [-0.1, -0.05) is 0 Å². The molecule has 0 bridgehead atoms. The molecule has 160 valence electrons. The molecule has 0 unspecified atom stereocenters. The number of piperazine rings is 1. The molecule has 31 heavy (non-hydrogen) atoms. The number of aromatic nitrogens is 4. The average molecular weight is 420 g/mol. The monoisotopic (exact) mass is 420 g/mol. The Labute approximate surface area is 179 Å². The molecule has 0 spiro atoms. The van der Waals surface area contributed by atoms with Crippen molar-refractivity contribution >= 4 is 11.9 Å². The standard InChI is InChI=1S/C22H24N6O3/c1-16(21(30)26-12-14-27(15-13-26)22-23-10-3-11-24-22)28-20(29)9-8-19(25-28)17-4-6-18(31-2)7-5-17/h3-11,16H,12-15H2,1-2H3/t16-/m0/s1. The van der Waals surface area contributed by atoms with E-state index in [4.69, 9.17) is 4.74 Å². The van der Waals surface area contributed by atoms with Gasteiger partial charge in [0.05, 0.1) is 12.8 Å². The highest BCUT2D eigenvalue weighted by atomic mass is 16.5. The second-order valence-corrected chi connectivity index (χ2v) is 7.27. The molecular formula is C22H24N6O3. The molecule has 0 saturated carbocycles. The van der Waals surface area contributed by atoms with E-state index in [0.29, 0.717) is 37.8 Å². The molecule has 0 N–H and O–H groups in total. The van der Waals surface area contributed by atoms with Crippen LogP contribution in [0.15, 0.2) is 59.7 Å². The fourth-order valence-electron chi connectivity index (χ4n) is 3.57. The van der Waals surface area contributed by atoms with Gasteiger partial charge in [-0.3, -0.25) is 9.59 Å². The van der Waals surface area contributed by atoms with E-state index in [0.717, 1.165) is 11.3 Å². The first-order valence-electron chi connectivity index (χ1n) is 10.1. The van der Waals surface area contributed by atoms with Crippen LogP contribution in [0.4, 0.5) is 5.95 Å². The van der Waals surface area contributed by atoms with Crippen molar-refractivity contribution in [2.24, 2.45) is 0 Å². The summed E-state index contributed by atoms with van der Waals surface area (Å²) in [6.07, 6.45) is 3.41. The van der Waals surface area contributed by atoms with E-state index >= 15 is 0 Å². The van der Waals surface area contributed by atoms with Crippen LogP contribution in [0.3, 0.4) is 0 Å². The van der Waals surface area contributed by atoms with Crippen molar-refractivity contribution in [3.8, 4) is 17.0 Å². The van der Waals surface area contributed by atoms with E-state index in [2.05, 4.69) is 15.1 Å². The molecule has 1 atom stereocenters. The third kappa shape index (κ3) is 4.40. The first kappa shape index (κ1) is 20.5. The SMILES string of the molecule is COc1ccc(-c2ccc(=O)n([C@@H](C)C(=O)N3CCN(c4ncccn4)CC3)n2)cc1. The molecule has 1 amide bonds. The maximum atomic E-state index is 13.1. The van der Waals surface area contributed by atoms with Crippen LogP contribution in [0, 0.1) is 0 Å². The number of benzene rings is 1. The number of nitrogens with zero attached hydrogens (tertiary/aromatic N) is 6.